The fraction of sp³-hybridized carbons (Fsp3) is 0.429. The molecule has 0 atom stereocenters. The average molecular weight is 251 g/mol. The summed E-state index contributed by atoms with van der Waals surface area (Å²) in [6.07, 6.45) is 0.456. The van der Waals surface area contributed by atoms with E-state index in [1.165, 1.54) is 0 Å². The van der Waals surface area contributed by atoms with Crippen LogP contribution in [0.5, 0.6) is 0 Å². The predicted molar refractivity (Wildman–Crippen MR) is 71.1 cm³/mol. The molecule has 4 nitrogen and oxygen atoms in total. The molecule has 0 unspecified atom stereocenters. The second-order valence-corrected chi connectivity index (χ2v) is 4.67. The number of rotatable bonds is 2. The third-order valence-corrected chi connectivity index (χ3v) is 1.77. The molecule has 0 radical (unpaired) electrons. The third-order valence-electron chi connectivity index (χ3n) is 1.77. The van der Waals surface area contributed by atoms with Crippen LogP contribution in [0.25, 0.3) is 0 Å². The van der Waals surface area contributed by atoms with Crippen molar-refractivity contribution in [1.82, 2.24) is 0 Å². The summed E-state index contributed by atoms with van der Waals surface area (Å²) in [6.45, 7) is 7.37. The lowest BCUT2D eigenvalue weighted by atomic mass is 10.2. The second-order valence-electron chi connectivity index (χ2n) is 4.67. The van der Waals surface area contributed by atoms with Gasteiger partial charge in [0, 0.05) is 12.0 Å². The average Bonchev–Trinajstić information content (AvgIpc) is 2.28. The van der Waals surface area contributed by atoms with Crippen LogP contribution in [0.1, 0.15) is 44.5 Å². The van der Waals surface area contributed by atoms with Gasteiger partial charge >= 0.3 is 5.97 Å². The van der Waals surface area contributed by atoms with Gasteiger partial charge in [0.15, 0.2) is 0 Å². The van der Waals surface area contributed by atoms with Gasteiger partial charge in [-0.15, -0.1) is 0 Å². The number of carbonyl (C=O) groups excluding carboxylic acids is 2. The molecule has 0 aliphatic carbocycles. The highest BCUT2D eigenvalue weighted by Crippen LogP contribution is 2.07. The molecule has 4 heteroatoms. The highest BCUT2D eigenvalue weighted by atomic mass is 16.6. The van der Waals surface area contributed by atoms with E-state index in [0.717, 1.165) is 0 Å². The lowest BCUT2D eigenvalue weighted by molar-refractivity contribution is -0.154. The monoisotopic (exact) mass is 251 g/mol. The van der Waals surface area contributed by atoms with Gasteiger partial charge in [0.1, 0.15) is 5.60 Å². The highest BCUT2D eigenvalue weighted by molar-refractivity contribution is 5.92. The first kappa shape index (κ1) is 16.2. The molecule has 100 valence electrons. The van der Waals surface area contributed by atoms with Crippen molar-refractivity contribution in [3.8, 4) is 0 Å². The summed E-state index contributed by atoms with van der Waals surface area (Å²) >= 11 is 0. The van der Waals surface area contributed by atoms with E-state index in [9.17, 15) is 9.59 Å². The number of ether oxygens (including phenoxy) is 1. The maximum absolute atomic E-state index is 10.6. The standard InChI is InChI=1S/C7H7NO.C7H14O2/c8-7(9)6-4-2-1-3-5-6;1-5-6(8)9-7(2,3)4/h1-5H,(H2,8,9);5H2,1-4H3. The van der Waals surface area contributed by atoms with Crippen molar-refractivity contribution >= 4 is 11.9 Å². The maximum atomic E-state index is 10.6. The Kier molecular flexibility index (Phi) is 6.71. The summed E-state index contributed by atoms with van der Waals surface area (Å²) in [5, 5.41) is 0. The number of primary amides is 1. The Hall–Kier alpha value is -1.84. The number of carbonyl (C=O) groups is 2. The summed E-state index contributed by atoms with van der Waals surface area (Å²) in [7, 11) is 0. The predicted octanol–water partition coefficient (Wildman–Crippen LogP) is 2.52. The summed E-state index contributed by atoms with van der Waals surface area (Å²) in [5.74, 6) is -0.516. The van der Waals surface area contributed by atoms with Gasteiger partial charge in [-0.3, -0.25) is 9.59 Å². The van der Waals surface area contributed by atoms with Crippen molar-refractivity contribution < 1.29 is 14.3 Å². The molecule has 0 saturated carbocycles. The van der Waals surface area contributed by atoms with Crippen LogP contribution in [0.3, 0.4) is 0 Å². The molecular formula is C14H21NO3. The fourth-order valence-corrected chi connectivity index (χ4v) is 1.02. The van der Waals surface area contributed by atoms with E-state index in [1.807, 2.05) is 26.8 Å². The Balaban J connectivity index is 0.000000321. The molecule has 1 aromatic carbocycles. The molecule has 0 aliphatic heterocycles. The molecule has 1 amide bonds. The molecule has 1 aromatic rings. The van der Waals surface area contributed by atoms with Gasteiger partial charge in [0.25, 0.3) is 0 Å². The molecule has 0 heterocycles. The van der Waals surface area contributed by atoms with Gasteiger partial charge in [-0.1, -0.05) is 25.1 Å². The first-order valence-corrected chi connectivity index (χ1v) is 5.83. The number of benzene rings is 1. The molecular weight excluding hydrogens is 230 g/mol. The molecule has 0 saturated heterocycles. The van der Waals surface area contributed by atoms with E-state index in [2.05, 4.69) is 0 Å². The SMILES string of the molecule is CCC(=O)OC(C)(C)C.NC(=O)c1ccccc1. The van der Waals surface area contributed by atoms with E-state index in [1.54, 1.807) is 31.2 Å². The van der Waals surface area contributed by atoms with E-state index in [4.69, 9.17) is 10.5 Å². The Morgan fingerprint density at radius 1 is 1.17 bits per heavy atom. The van der Waals surface area contributed by atoms with Crippen LogP contribution in [0.15, 0.2) is 30.3 Å². The molecule has 0 bridgehead atoms. The summed E-state index contributed by atoms with van der Waals surface area (Å²) < 4.78 is 4.95. The molecule has 0 fully saturated rings. The normalized spacial score (nSPS) is 10.0. The molecule has 0 aliphatic rings. The Labute approximate surface area is 108 Å². The van der Waals surface area contributed by atoms with Crippen molar-refractivity contribution in [2.45, 2.75) is 39.7 Å². The molecule has 2 N–H and O–H groups in total. The topological polar surface area (TPSA) is 69.4 Å². The Morgan fingerprint density at radius 2 is 1.67 bits per heavy atom. The lowest BCUT2D eigenvalue weighted by Crippen LogP contribution is -2.23. The lowest BCUT2D eigenvalue weighted by Gasteiger charge is -2.18. The van der Waals surface area contributed by atoms with Gasteiger partial charge in [-0.25, -0.2) is 0 Å². The van der Waals surface area contributed by atoms with E-state index < -0.39 is 0 Å². The van der Waals surface area contributed by atoms with Crippen LogP contribution >= 0.6 is 0 Å². The number of hydrogen-bond donors (Lipinski definition) is 1. The second kappa shape index (κ2) is 7.48. The third kappa shape index (κ3) is 8.33. The van der Waals surface area contributed by atoms with E-state index >= 15 is 0 Å². The van der Waals surface area contributed by atoms with Crippen molar-refractivity contribution in [1.29, 1.82) is 0 Å². The summed E-state index contributed by atoms with van der Waals surface area (Å²) in [6, 6.07) is 8.76. The van der Waals surface area contributed by atoms with Crippen LogP contribution in [0.4, 0.5) is 0 Å². The van der Waals surface area contributed by atoms with Crippen LogP contribution in [0, 0.1) is 0 Å². The van der Waals surface area contributed by atoms with Crippen molar-refractivity contribution in [3.63, 3.8) is 0 Å². The highest BCUT2D eigenvalue weighted by Gasteiger charge is 2.13. The maximum Gasteiger partial charge on any atom is 0.306 e. The Morgan fingerprint density at radius 3 is 1.89 bits per heavy atom. The van der Waals surface area contributed by atoms with E-state index in [0.29, 0.717) is 12.0 Å². The first-order valence-electron chi connectivity index (χ1n) is 5.83. The van der Waals surface area contributed by atoms with E-state index in [-0.39, 0.29) is 17.5 Å². The zero-order valence-electron chi connectivity index (χ0n) is 11.4. The van der Waals surface area contributed by atoms with Crippen molar-refractivity contribution in [3.05, 3.63) is 35.9 Å². The van der Waals surface area contributed by atoms with Gasteiger partial charge in [-0.2, -0.15) is 0 Å². The van der Waals surface area contributed by atoms with Gasteiger partial charge in [0.2, 0.25) is 5.91 Å². The van der Waals surface area contributed by atoms with Crippen LogP contribution < -0.4 is 5.73 Å². The molecule has 1 rings (SSSR count). The fourth-order valence-electron chi connectivity index (χ4n) is 1.02. The van der Waals surface area contributed by atoms with Crippen LogP contribution in [0.2, 0.25) is 0 Å². The minimum atomic E-state index is -0.379. The zero-order chi connectivity index (χ0) is 14.2. The first-order chi connectivity index (χ1) is 8.26. The molecule has 0 spiro atoms. The number of amides is 1. The van der Waals surface area contributed by atoms with Crippen molar-refractivity contribution in [2.24, 2.45) is 5.73 Å². The zero-order valence-corrected chi connectivity index (χ0v) is 11.4. The van der Waals surface area contributed by atoms with Gasteiger partial charge in [0.05, 0.1) is 0 Å². The minimum absolute atomic E-state index is 0.137. The van der Waals surface area contributed by atoms with Crippen molar-refractivity contribution in [2.75, 3.05) is 0 Å². The summed E-state index contributed by atoms with van der Waals surface area (Å²) in [4.78, 5) is 21.0. The number of nitrogens with two attached hydrogens (primary N) is 1. The molecule has 18 heavy (non-hydrogen) atoms. The molecule has 0 aromatic heterocycles. The quantitative estimate of drug-likeness (QED) is 0.821. The van der Waals surface area contributed by atoms with Crippen LogP contribution in [-0.4, -0.2) is 17.5 Å². The number of hydrogen-bond acceptors (Lipinski definition) is 3. The minimum Gasteiger partial charge on any atom is -0.460 e. The Bertz CT molecular complexity index is 380. The van der Waals surface area contributed by atoms with Gasteiger partial charge < -0.3 is 10.5 Å². The van der Waals surface area contributed by atoms with Gasteiger partial charge in [-0.05, 0) is 32.9 Å². The van der Waals surface area contributed by atoms with Crippen LogP contribution in [-0.2, 0) is 9.53 Å². The summed E-state index contributed by atoms with van der Waals surface area (Å²) in [5.41, 5.74) is 5.20. The number of esters is 1. The largest absolute Gasteiger partial charge is 0.460 e. The smallest absolute Gasteiger partial charge is 0.306 e.